The number of aromatic nitrogens is 1. The average Bonchev–Trinajstić information content (AvgIpc) is 3.15. The summed E-state index contributed by atoms with van der Waals surface area (Å²) in [5.74, 6) is 0.0238. The van der Waals surface area contributed by atoms with Crippen LogP contribution in [0.5, 0.6) is 0 Å². The van der Waals surface area contributed by atoms with Crippen molar-refractivity contribution >= 4 is 33.4 Å². The molecule has 1 heterocycles. The number of carbonyl (C=O) groups excluding carboxylic acids is 2. The van der Waals surface area contributed by atoms with Crippen LogP contribution in [-0.2, 0) is 20.9 Å². The molecule has 5 nitrogen and oxygen atoms in total. The molecule has 0 atom stereocenters. The van der Waals surface area contributed by atoms with Gasteiger partial charge in [0.15, 0.2) is 4.80 Å². The van der Waals surface area contributed by atoms with Gasteiger partial charge in [-0.15, -0.1) is 0 Å². The topological polar surface area (TPSA) is 60.7 Å². The molecule has 1 aromatic carbocycles. The van der Waals surface area contributed by atoms with Crippen molar-refractivity contribution in [3.63, 3.8) is 0 Å². The van der Waals surface area contributed by atoms with E-state index in [1.807, 2.05) is 25.1 Å². The quantitative estimate of drug-likeness (QED) is 0.799. The van der Waals surface area contributed by atoms with Crippen molar-refractivity contribution in [3.8, 4) is 0 Å². The van der Waals surface area contributed by atoms with E-state index >= 15 is 0 Å². The maximum absolute atomic E-state index is 12.3. The van der Waals surface area contributed by atoms with Gasteiger partial charge >= 0.3 is 5.97 Å². The van der Waals surface area contributed by atoms with E-state index in [1.165, 1.54) is 31.3 Å². The Morgan fingerprint density at radius 2 is 2.08 bits per heavy atom. The minimum atomic E-state index is -0.347. The van der Waals surface area contributed by atoms with E-state index in [0.717, 1.165) is 28.6 Å². The van der Waals surface area contributed by atoms with Gasteiger partial charge in [0.1, 0.15) is 6.54 Å². The van der Waals surface area contributed by atoms with Crippen molar-refractivity contribution in [1.29, 1.82) is 0 Å². The summed E-state index contributed by atoms with van der Waals surface area (Å²) in [5.41, 5.74) is 2.04. The van der Waals surface area contributed by atoms with Gasteiger partial charge in [0.25, 0.3) is 0 Å². The monoisotopic (exact) mass is 346 g/mol. The molecule has 1 aliphatic carbocycles. The SMILES string of the molecule is COC(=O)Cn1c(=NC(=O)CC2CCCC2)sc2cc(C)ccc21. The largest absolute Gasteiger partial charge is 0.468 e. The predicted octanol–water partition coefficient (Wildman–Crippen LogP) is 3.19. The molecule has 1 aliphatic rings. The number of hydrogen-bond donors (Lipinski definition) is 0. The average molecular weight is 346 g/mol. The molecule has 2 aromatic rings. The van der Waals surface area contributed by atoms with Gasteiger partial charge in [0, 0.05) is 6.42 Å². The van der Waals surface area contributed by atoms with E-state index in [4.69, 9.17) is 4.74 Å². The first kappa shape index (κ1) is 16.9. The summed E-state index contributed by atoms with van der Waals surface area (Å²) in [5, 5.41) is 0. The van der Waals surface area contributed by atoms with E-state index in [0.29, 0.717) is 17.1 Å². The number of amides is 1. The summed E-state index contributed by atoms with van der Waals surface area (Å²) in [7, 11) is 1.36. The second-order valence-corrected chi connectivity index (χ2v) is 7.39. The number of methoxy groups -OCH3 is 1. The van der Waals surface area contributed by atoms with Gasteiger partial charge < -0.3 is 9.30 Å². The molecule has 1 saturated carbocycles. The lowest BCUT2D eigenvalue weighted by molar-refractivity contribution is -0.141. The summed E-state index contributed by atoms with van der Waals surface area (Å²) in [4.78, 5) is 29.0. The molecule has 3 rings (SSSR count). The number of ether oxygens (including phenoxy) is 1. The van der Waals surface area contributed by atoms with Crippen molar-refractivity contribution in [2.45, 2.75) is 45.6 Å². The molecule has 24 heavy (non-hydrogen) atoms. The Bertz CT molecular complexity index is 828. The van der Waals surface area contributed by atoms with Crippen LogP contribution < -0.4 is 4.80 Å². The number of carbonyl (C=O) groups is 2. The number of benzene rings is 1. The molecule has 0 aliphatic heterocycles. The molecule has 6 heteroatoms. The number of thiazole rings is 1. The summed E-state index contributed by atoms with van der Waals surface area (Å²) in [6.45, 7) is 2.08. The number of fused-ring (bicyclic) bond motifs is 1. The number of esters is 1. The van der Waals surface area contributed by atoms with Crippen LogP contribution in [0.1, 0.15) is 37.7 Å². The fourth-order valence-electron chi connectivity index (χ4n) is 3.23. The van der Waals surface area contributed by atoms with Gasteiger partial charge in [-0.05, 0) is 43.4 Å². The Hall–Kier alpha value is -1.95. The molecule has 0 saturated heterocycles. The van der Waals surface area contributed by atoms with Crippen molar-refractivity contribution in [1.82, 2.24) is 4.57 Å². The van der Waals surface area contributed by atoms with Crippen LogP contribution in [0.2, 0.25) is 0 Å². The standard InChI is InChI=1S/C18H22N2O3S/c1-12-7-8-14-15(9-12)24-18(20(14)11-17(22)23-2)19-16(21)10-13-5-3-4-6-13/h7-9,13H,3-6,10-11H2,1-2H3. The third-order valence-corrected chi connectivity index (χ3v) is 5.55. The summed E-state index contributed by atoms with van der Waals surface area (Å²) >= 11 is 1.44. The number of aryl methyl sites for hydroxylation is 1. The summed E-state index contributed by atoms with van der Waals surface area (Å²) < 4.78 is 7.58. The van der Waals surface area contributed by atoms with E-state index in [-0.39, 0.29) is 18.4 Å². The summed E-state index contributed by atoms with van der Waals surface area (Å²) in [6.07, 6.45) is 5.17. The zero-order valence-corrected chi connectivity index (χ0v) is 14.9. The second-order valence-electron chi connectivity index (χ2n) is 6.38. The molecule has 0 unspecified atom stereocenters. The molecular weight excluding hydrogens is 324 g/mol. The Morgan fingerprint density at radius 3 is 2.79 bits per heavy atom. The number of rotatable bonds is 4. The van der Waals surface area contributed by atoms with Crippen LogP contribution in [0.4, 0.5) is 0 Å². The predicted molar refractivity (Wildman–Crippen MR) is 93.7 cm³/mol. The third-order valence-electron chi connectivity index (χ3n) is 4.51. The highest BCUT2D eigenvalue weighted by Gasteiger charge is 2.19. The fraction of sp³-hybridized carbons (Fsp3) is 0.500. The minimum Gasteiger partial charge on any atom is -0.468 e. The van der Waals surface area contributed by atoms with Crippen LogP contribution in [0, 0.1) is 12.8 Å². The molecule has 1 aromatic heterocycles. The van der Waals surface area contributed by atoms with E-state index in [2.05, 4.69) is 4.99 Å². The van der Waals surface area contributed by atoms with Crippen LogP contribution in [0.3, 0.4) is 0 Å². The Labute approximate surface area is 145 Å². The second kappa shape index (κ2) is 7.30. The van der Waals surface area contributed by atoms with Crippen molar-refractivity contribution < 1.29 is 14.3 Å². The van der Waals surface area contributed by atoms with Crippen LogP contribution >= 0.6 is 11.3 Å². The minimum absolute atomic E-state index is 0.0646. The fourth-order valence-corrected chi connectivity index (χ4v) is 4.37. The van der Waals surface area contributed by atoms with Crippen LogP contribution in [0.15, 0.2) is 23.2 Å². The van der Waals surface area contributed by atoms with Crippen LogP contribution in [0.25, 0.3) is 10.2 Å². The molecule has 0 radical (unpaired) electrons. The highest BCUT2D eigenvalue weighted by molar-refractivity contribution is 7.16. The zero-order chi connectivity index (χ0) is 17.1. The highest BCUT2D eigenvalue weighted by atomic mass is 32.1. The number of nitrogens with zero attached hydrogens (tertiary/aromatic N) is 2. The van der Waals surface area contributed by atoms with Gasteiger partial charge in [0.05, 0.1) is 17.3 Å². The Kier molecular flexibility index (Phi) is 5.14. The number of hydrogen-bond acceptors (Lipinski definition) is 4. The molecule has 0 spiro atoms. The Morgan fingerprint density at radius 1 is 1.33 bits per heavy atom. The first-order valence-corrected chi connectivity index (χ1v) is 9.13. The third kappa shape index (κ3) is 3.75. The van der Waals surface area contributed by atoms with Gasteiger partial charge in [0.2, 0.25) is 5.91 Å². The van der Waals surface area contributed by atoms with Crippen molar-refractivity contribution in [2.24, 2.45) is 10.9 Å². The lowest BCUT2D eigenvalue weighted by atomic mass is 10.0. The van der Waals surface area contributed by atoms with E-state index < -0.39 is 0 Å². The first-order chi connectivity index (χ1) is 11.6. The lowest BCUT2D eigenvalue weighted by Crippen LogP contribution is -2.22. The van der Waals surface area contributed by atoms with Gasteiger partial charge in [-0.1, -0.05) is 30.2 Å². The smallest absolute Gasteiger partial charge is 0.325 e. The van der Waals surface area contributed by atoms with Crippen molar-refractivity contribution in [2.75, 3.05) is 7.11 Å². The molecule has 0 N–H and O–H groups in total. The Balaban J connectivity index is 1.97. The molecular formula is C18H22N2O3S. The first-order valence-electron chi connectivity index (χ1n) is 8.31. The molecule has 1 fully saturated rings. The van der Waals surface area contributed by atoms with Gasteiger partial charge in [-0.3, -0.25) is 9.59 Å². The van der Waals surface area contributed by atoms with Gasteiger partial charge in [-0.2, -0.15) is 4.99 Å². The van der Waals surface area contributed by atoms with Crippen LogP contribution in [-0.4, -0.2) is 23.6 Å². The summed E-state index contributed by atoms with van der Waals surface area (Å²) in [6, 6.07) is 6.01. The van der Waals surface area contributed by atoms with Gasteiger partial charge in [-0.25, -0.2) is 0 Å². The van der Waals surface area contributed by atoms with Crippen molar-refractivity contribution in [3.05, 3.63) is 28.6 Å². The van der Waals surface area contributed by atoms with E-state index in [9.17, 15) is 9.59 Å². The van der Waals surface area contributed by atoms with E-state index in [1.54, 1.807) is 4.57 Å². The lowest BCUT2D eigenvalue weighted by Gasteiger charge is -2.05. The molecule has 0 bridgehead atoms. The molecule has 1 amide bonds. The maximum atomic E-state index is 12.3. The highest BCUT2D eigenvalue weighted by Crippen LogP contribution is 2.27. The maximum Gasteiger partial charge on any atom is 0.325 e. The normalized spacial score (nSPS) is 16.0. The molecule has 128 valence electrons. The zero-order valence-electron chi connectivity index (χ0n) is 14.1.